The monoisotopic (exact) mass is 480 g/mol. The molecule has 34 heavy (non-hydrogen) atoms. The molecular formula is C25H35F3N4O2. The van der Waals surface area contributed by atoms with Gasteiger partial charge in [-0.1, -0.05) is 25.7 Å². The molecule has 1 aromatic rings. The summed E-state index contributed by atoms with van der Waals surface area (Å²) in [6.45, 7) is 9.76. The van der Waals surface area contributed by atoms with E-state index in [1.54, 1.807) is 44.5 Å². The zero-order chi connectivity index (χ0) is 25.7. The fourth-order valence-corrected chi connectivity index (χ4v) is 3.19. The highest BCUT2D eigenvalue weighted by Crippen LogP contribution is 2.24. The summed E-state index contributed by atoms with van der Waals surface area (Å²) in [6, 6.07) is 1.66. The van der Waals surface area contributed by atoms with Crippen molar-refractivity contribution >= 4 is 17.9 Å². The van der Waals surface area contributed by atoms with E-state index in [1.165, 1.54) is 0 Å². The van der Waals surface area contributed by atoms with Gasteiger partial charge in [0.25, 0.3) is 0 Å². The van der Waals surface area contributed by atoms with Crippen LogP contribution in [0, 0.1) is 5.92 Å². The molecule has 1 atom stereocenters. The average Bonchev–Trinajstić information content (AvgIpc) is 2.77. The van der Waals surface area contributed by atoms with Gasteiger partial charge in [-0.3, -0.25) is 14.8 Å². The number of allylic oxidation sites excluding steroid dienone is 3. The van der Waals surface area contributed by atoms with Gasteiger partial charge in [-0.25, -0.2) is 0 Å². The summed E-state index contributed by atoms with van der Waals surface area (Å²) in [4.78, 5) is 21.0. The van der Waals surface area contributed by atoms with Crippen LogP contribution >= 0.6 is 0 Å². The molecule has 4 N–H and O–H groups in total. The lowest BCUT2D eigenvalue weighted by atomic mass is 9.97. The summed E-state index contributed by atoms with van der Waals surface area (Å²) < 4.78 is 42.2. The van der Waals surface area contributed by atoms with Gasteiger partial charge in [0.15, 0.2) is 0 Å². The van der Waals surface area contributed by atoms with Gasteiger partial charge in [-0.2, -0.15) is 13.2 Å². The fraction of sp³-hybridized carbons (Fsp3) is 0.480. The van der Waals surface area contributed by atoms with Crippen LogP contribution in [0.4, 0.5) is 18.9 Å². The molecule has 0 radical (unpaired) electrons. The zero-order valence-electron chi connectivity index (χ0n) is 20.1. The number of nitrogens with zero attached hydrogens (tertiary/aromatic N) is 2. The maximum absolute atomic E-state index is 12.3. The zero-order valence-corrected chi connectivity index (χ0v) is 20.1. The largest absolute Gasteiger partial charge is 0.466 e. The van der Waals surface area contributed by atoms with Crippen LogP contribution in [-0.4, -0.2) is 36.5 Å². The topological polar surface area (TPSA) is 104 Å². The van der Waals surface area contributed by atoms with E-state index in [0.717, 1.165) is 5.57 Å². The predicted octanol–water partition coefficient (Wildman–Crippen LogP) is 5.29. The molecule has 0 amide bonds. The Morgan fingerprint density at radius 2 is 2.06 bits per heavy atom. The number of esters is 1. The molecule has 188 valence electrons. The highest BCUT2D eigenvalue weighted by atomic mass is 19.4. The van der Waals surface area contributed by atoms with Gasteiger partial charge >= 0.3 is 12.1 Å². The Morgan fingerprint density at radius 1 is 1.35 bits per heavy atom. The van der Waals surface area contributed by atoms with E-state index in [0.29, 0.717) is 47.7 Å². The summed E-state index contributed by atoms with van der Waals surface area (Å²) in [5.41, 5.74) is 15.7. The summed E-state index contributed by atoms with van der Waals surface area (Å²) in [5, 5.41) is 0. The third-order valence-electron chi connectivity index (χ3n) is 5.23. The number of carbonyl (C=O) groups is 1. The number of ether oxygens (including phenoxy) is 1. The minimum absolute atomic E-state index is 0.0598. The highest BCUT2D eigenvalue weighted by molar-refractivity contribution is 5.88. The molecule has 0 bridgehead atoms. The number of aromatic nitrogens is 1. The SMILES string of the molecule is C=C/C(=C\C(C)=C(/N)CCCC(F)(F)F)CN=Cc1c(N)ccnc1C[C@H](CC)C(=O)OCC. The molecule has 6 nitrogen and oxygen atoms in total. The minimum Gasteiger partial charge on any atom is -0.466 e. The van der Waals surface area contributed by atoms with Crippen LogP contribution in [0.3, 0.4) is 0 Å². The average molecular weight is 481 g/mol. The normalized spacial score (nSPS) is 14.1. The van der Waals surface area contributed by atoms with Gasteiger partial charge in [0, 0.05) is 42.2 Å². The van der Waals surface area contributed by atoms with Gasteiger partial charge in [0.2, 0.25) is 0 Å². The Balaban J connectivity index is 2.97. The molecule has 0 unspecified atom stereocenters. The van der Waals surface area contributed by atoms with Crippen molar-refractivity contribution < 1.29 is 22.7 Å². The quantitative estimate of drug-likeness (QED) is 0.227. The Hall–Kier alpha value is -3.10. The van der Waals surface area contributed by atoms with E-state index in [-0.39, 0.29) is 31.3 Å². The van der Waals surface area contributed by atoms with Gasteiger partial charge < -0.3 is 16.2 Å². The van der Waals surface area contributed by atoms with E-state index < -0.39 is 12.6 Å². The first kappa shape index (κ1) is 28.9. The van der Waals surface area contributed by atoms with E-state index >= 15 is 0 Å². The molecule has 0 spiro atoms. The lowest BCUT2D eigenvalue weighted by Crippen LogP contribution is -2.21. The first-order valence-corrected chi connectivity index (χ1v) is 11.3. The molecule has 0 saturated heterocycles. The lowest BCUT2D eigenvalue weighted by Gasteiger charge is -2.15. The molecule has 0 saturated carbocycles. The van der Waals surface area contributed by atoms with Crippen LogP contribution in [0.15, 0.2) is 52.8 Å². The van der Waals surface area contributed by atoms with Crippen molar-refractivity contribution in [3.05, 3.63) is 59.1 Å². The number of anilines is 1. The number of hydrogen-bond donors (Lipinski definition) is 2. The number of aliphatic imine (C=N–C) groups is 1. The Morgan fingerprint density at radius 3 is 2.65 bits per heavy atom. The molecule has 0 aromatic carbocycles. The number of hydrogen-bond acceptors (Lipinski definition) is 6. The molecule has 0 aliphatic heterocycles. The van der Waals surface area contributed by atoms with Crippen molar-refractivity contribution in [2.24, 2.45) is 16.6 Å². The van der Waals surface area contributed by atoms with Crippen LogP contribution in [0.25, 0.3) is 0 Å². The smallest absolute Gasteiger partial charge is 0.389 e. The van der Waals surface area contributed by atoms with Crippen LogP contribution in [0.5, 0.6) is 0 Å². The molecule has 1 rings (SSSR count). The second-order valence-corrected chi connectivity index (χ2v) is 7.89. The summed E-state index contributed by atoms with van der Waals surface area (Å²) in [5.74, 6) is -0.609. The number of nitrogen functional groups attached to an aromatic ring is 1. The van der Waals surface area contributed by atoms with Crippen LogP contribution in [-0.2, 0) is 16.0 Å². The van der Waals surface area contributed by atoms with Gasteiger partial charge in [-0.05, 0) is 50.3 Å². The van der Waals surface area contributed by atoms with Crippen LogP contribution < -0.4 is 11.5 Å². The number of nitrogens with two attached hydrogens (primary N) is 2. The Kier molecular flexibility index (Phi) is 12.1. The second-order valence-electron chi connectivity index (χ2n) is 7.89. The lowest BCUT2D eigenvalue weighted by molar-refractivity contribution is -0.148. The standard InChI is InChI=1S/C25H35F3N4O2/c1-5-18(13-17(4)21(29)9-8-11-25(26,27)28)15-31-16-20-22(30)10-12-32-23(20)14-19(6-2)24(33)34-7-3/h5,10,12-13,16,19H,1,6-9,11,14-15,29H2,2-4H3,(H2,30,32)/b18-13+,21-17-,31-16?/t19-/m0/s1. The van der Waals surface area contributed by atoms with E-state index in [4.69, 9.17) is 16.2 Å². The summed E-state index contributed by atoms with van der Waals surface area (Å²) >= 11 is 0. The number of rotatable bonds is 13. The van der Waals surface area contributed by atoms with Gasteiger partial charge in [0.1, 0.15) is 0 Å². The first-order chi connectivity index (χ1) is 16.0. The van der Waals surface area contributed by atoms with E-state index in [2.05, 4.69) is 16.6 Å². The van der Waals surface area contributed by atoms with Crippen molar-refractivity contribution in [2.75, 3.05) is 18.9 Å². The summed E-state index contributed by atoms with van der Waals surface area (Å²) in [6.07, 6.45) is 2.59. The van der Waals surface area contributed by atoms with E-state index in [9.17, 15) is 18.0 Å². The van der Waals surface area contributed by atoms with Crippen molar-refractivity contribution in [2.45, 2.75) is 59.1 Å². The van der Waals surface area contributed by atoms with Crippen molar-refractivity contribution in [1.29, 1.82) is 0 Å². The molecule has 0 aliphatic rings. The van der Waals surface area contributed by atoms with Crippen molar-refractivity contribution in [1.82, 2.24) is 4.98 Å². The third kappa shape index (κ3) is 10.2. The van der Waals surface area contributed by atoms with Crippen molar-refractivity contribution in [3.8, 4) is 0 Å². The first-order valence-electron chi connectivity index (χ1n) is 11.3. The minimum atomic E-state index is -4.19. The highest BCUT2D eigenvalue weighted by Gasteiger charge is 2.26. The third-order valence-corrected chi connectivity index (χ3v) is 5.23. The Labute approximate surface area is 199 Å². The van der Waals surface area contributed by atoms with Gasteiger partial charge in [-0.15, -0.1) is 0 Å². The second kappa shape index (κ2) is 14.2. The Bertz CT molecular complexity index is 921. The number of halogens is 3. The summed E-state index contributed by atoms with van der Waals surface area (Å²) in [7, 11) is 0. The molecule has 1 heterocycles. The van der Waals surface area contributed by atoms with Crippen LogP contribution in [0.1, 0.15) is 57.7 Å². The predicted molar refractivity (Wildman–Crippen MR) is 130 cm³/mol. The number of alkyl halides is 3. The molecule has 0 fully saturated rings. The molecule has 0 aliphatic carbocycles. The number of pyridine rings is 1. The maximum atomic E-state index is 12.3. The van der Waals surface area contributed by atoms with Crippen molar-refractivity contribution in [3.63, 3.8) is 0 Å². The molecule has 9 heteroatoms. The maximum Gasteiger partial charge on any atom is 0.389 e. The molecular weight excluding hydrogens is 445 g/mol. The number of carbonyl (C=O) groups excluding carboxylic acids is 1. The van der Waals surface area contributed by atoms with E-state index in [1.807, 2.05) is 6.92 Å². The van der Waals surface area contributed by atoms with Crippen LogP contribution in [0.2, 0.25) is 0 Å². The van der Waals surface area contributed by atoms with Gasteiger partial charge in [0.05, 0.1) is 24.8 Å². The molecule has 1 aromatic heterocycles. The fourth-order valence-electron chi connectivity index (χ4n) is 3.19.